The summed E-state index contributed by atoms with van der Waals surface area (Å²) in [6.45, 7) is 1.34. The van der Waals surface area contributed by atoms with Crippen LogP contribution in [0.4, 0.5) is 0 Å². The van der Waals surface area contributed by atoms with Crippen molar-refractivity contribution in [3.05, 3.63) is 35.9 Å². The van der Waals surface area contributed by atoms with E-state index in [-0.39, 0.29) is 5.91 Å². The molecule has 0 aliphatic heterocycles. The Bertz CT molecular complexity index is 417. The molecule has 1 unspecified atom stereocenters. The molecule has 1 atom stereocenters. The molecule has 4 nitrogen and oxygen atoms in total. The Morgan fingerprint density at radius 2 is 2.11 bits per heavy atom. The van der Waals surface area contributed by atoms with Gasteiger partial charge in [0, 0.05) is 19.6 Å². The van der Waals surface area contributed by atoms with Gasteiger partial charge in [0.25, 0.3) is 0 Å². The first-order valence-electron chi connectivity index (χ1n) is 6.81. The van der Waals surface area contributed by atoms with Crippen molar-refractivity contribution in [3.63, 3.8) is 0 Å². The number of hydrogen-bond acceptors (Lipinski definition) is 3. The summed E-state index contributed by atoms with van der Waals surface area (Å²) >= 11 is 0. The highest BCUT2D eigenvalue weighted by Crippen LogP contribution is 2.29. The second-order valence-corrected chi connectivity index (χ2v) is 5.15. The van der Waals surface area contributed by atoms with Crippen molar-refractivity contribution >= 4 is 5.91 Å². The smallest absolute Gasteiger partial charge is 0.242 e. The molecule has 0 saturated heterocycles. The molecule has 19 heavy (non-hydrogen) atoms. The van der Waals surface area contributed by atoms with Crippen LogP contribution >= 0.6 is 0 Å². The molecule has 0 aromatic heterocycles. The zero-order valence-electron chi connectivity index (χ0n) is 11.4. The van der Waals surface area contributed by atoms with E-state index in [1.807, 2.05) is 30.3 Å². The Hall–Kier alpha value is -1.39. The number of benzene rings is 1. The standard InChI is InChI=1S/C15H22N2O2/c1-17-15(14(16)18,13-5-3-2-4-6-13)9-10-19-11-12-7-8-12/h2-6,12,17H,7-11H2,1H3,(H2,16,18). The maximum absolute atomic E-state index is 11.9. The maximum Gasteiger partial charge on any atom is 0.242 e. The molecular weight excluding hydrogens is 240 g/mol. The Kier molecular flexibility index (Phi) is 4.56. The molecule has 3 N–H and O–H groups in total. The van der Waals surface area contributed by atoms with Gasteiger partial charge in [-0.25, -0.2) is 0 Å². The first-order valence-corrected chi connectivity index (χ1v) is 6.81. The van der Waals surface area contributed by atoms with E-state index in [9.17, 15) is 4.79 Å². The number of amides is 1. The minimum Gasteiger partial charge on any atom is -0.381 e. The monoisotopic (exact) mass is 262 g/mol. The predicted molar refractivity (Wildman–Crippen MR) is 74.5 cm³/mol. The third-order valence-corrected chi connectivity index (χ3v) is 3.79. The van der Waals surface area contributed by atoms with Crippen molar-refractivity contribution in [2.45, 2.75) is 24.8 Å². The van der Waals surface area contributed by atoms with E-state index in [0.717, 1.165) is 18.1 Å². The summed E-state index contributed by atoms with van der Waals surface area (Å²) in [7, 11) is 1.76. The maximum atomic E-state index is 11.9. The molecule has 4 heteroatoms. The van der Waals surface area contributed by atoms with Gasteiger partial charge in [-0.1, -0.05) is 30.3 Å². The van der Waals surface area contributed by atoms with E-state index in [4.69, 9.17) is 10.5 Å². The fourth-order valence-corrected chi connectivity index (χ4v) is 2.28. The summed E-state index contributed by atoms with van der Waals surface area (Å²) in [6, 6.07) is 9.59. The van der Waals surface area contributed by atoms with Crippen LogP contribution in [0.2, 0.25) is 0 Å². The van der Waals surface area contributed by atoms with Crippen LogP contribution in [0.3, 0.4) is 0 Å². The summed E-state index contributed by atoms with van der Waals surface area (Å²) in [5, 5.41) is 3.08. The third-order valence-electron chi connectivity index (χ3n) is 3.79. The number of likely N-dealkylation sites (N-methyl/N-ethyl adjacent to an activating group) is 1. The van der Waals surface area contributed by atoms with Gasteiger partial charge in [-0.3, -0.25) is 4.79 Å². The molecule has 1 fully saturated rings. The molecule has 0 heterocycles. The average Bonchev–Trinajstić information content (AvgIpc) is 3.24. The van der Waals surface area contributed by atoms with Crippen molar-refractivity contribution in [1.29, 1.82) is 0 Å². The number of carbonyl (C=O) groups excluding carboxylic acids is 1. The quantitative estimate of drug-likeness (QED) is 0.696. The molecule has 1 aliphatic carbocycles. The molecule has 1 aliphatic rings. The Balaban J connectivity index is 2.02. The van der Waals surface area contributed by atoms with Gasteiger partial charge in [-0.05, 0) is 31.4 Å². The van der Waals surface area contributed by atoms with Crippen LogP contribution in [0, 0.1) is 5.92 Å². The predicted octanol–water partition coefficient (Wildman–Crippen LogP) is 1.40. The van der Waals surface area contributed by atoms with Crippen LogP contribution in [0.25, 0.3) is 0 Å². The fourth-order valence-electron chi connectivity index (χ4n) is 2.28. The van der Waals surface area contributed by atoms with Gasteiger partial charge < -0.3 is 15.8 Å². The SMILES string of the molecule is CNC(CCOCC1CC1)(C(N)=O)c1ccccc1. The van der Waals surface area contributed by atoms with E-state index >= 15 is 0 Å². The Labute approximate surface area is 114 Å². The van der Waals surface area contributed by atoms with Gasteiger partial charge in [0.05, 0.1) is 0 Å². The zero-order chi connectivity index (χ0) is 13.7. The van der Waals surface area contributed by atoms with E-state index in [1.54, 1.807) is 7.05 Å². The van der Waals surface area contributed by atoms with Crippen LogP contribution < -0.4 is 11.1 Å². The van der Waals surface area contributed by atoms with E-state index in [1.165, 1.54) is 12.8 Å². The van der Waals surface area contributed by atoms with Crippen LogP contribution in [-0.4, -0.2) is 26.2 Å². The minimum absolute atomic E-state index is 0.365. The van der Waals surface area contributed by atoms with E-state index in [0.29, 0.717) is 13.0 Å². The van der Waals surface area contributed by atoms with E-state index in [2.05, 4.69) is 5.32 Å². The molecule has 0 radical (unpaired) electrons. The lowest BCUT2D eigenvalue weighted by molar-refractivity contribution is -0.125. The number of primary amides is 1. The molecule has 1 amide bonds. The lowest BCUT2D eigenvalue weighted by Crippen LogP contribution is -2.51. The lowest BCUT2D eigenvalue weighted by Gasteiger charge is -2.30. The number of nitrogens with two attached hydrogens (primary N) is 1. The van der Waals surface area contributed by atoms with Gasteiger partial charge in [0.2, 0.25) is 5.91 Å². The molecule has 104 valence electrons. The topological polar surface area (TPSA) is 64.3 Å². The van der Waals surface area contributed by atoms with Crippen molar-refractivity contribution in [2.24, 2.45) is 11.7 Å². The Morgan fingerprint density at radius 3 is 2.63 bits per heavy atom. The van der Waals surface area contributed by atoms with Crippen molar-refractivity contribution in [3.8, 4) is 0 Å². The van der Waals surface area contributed by atoms with Crippen molar-refractivity contribution in [2.75, 3.05) is 20.3 Å². The summed E-state index contributed by atoms with van der Waals surface area (Å²) in [6.07, 6.45) is 3.09. The number of rotatable bonds is 8. The number of carbonyl (C=O) groups is 1. The second kappa shape index (κ2) is 6.17. The summed E-state index contributed by atoms with van der Waals surface area (Å²) in [4.78, 5) is 11.9. The largest absolute Gasteiger partial charge is 0.381 e. The van der Waals surface area contributed by atoms with Crippen molar-refractivity contribution in [1.82, 2.24) is 5.32 Å². The minimum atomic E-state index is -0.842. The van der Waals surface area contributed by atoms with Gasteiger partial charge in [0.15, 0.2) is 0 Å². The van der Waals surface area contributed by atoms with Gasteiger partial charge >= 0.3 is 0 Å². The van der Waals surface area contributed by atoms with Gasteiger partial charge in [-0.2, -0.15) is 0 Å². The summed E-state index contributed by atoms with van der Waals surface area (Å²) in [5.41, 5.74) is 5.66. The summed E-state index contributed by atoms with van der Waals surface area (Å²) < 4.78 is 5.64. The number of hydrogen-bond donors (Lipinski definition) is 2. The van der Waals surface area contributed by atoms with Crippen LogP contribution in [0.5, 0.6) is 0 Å². The molecule has 1 aromatic rings. The van der Waals surface area contributed by atoms with Crippen LogP contribution in [-0.2, 0) is 15.1 Å². The number of nitrogens with one attached hydrogen (secondary N) is 1. The zero-order valence-corrected chi connectivity index (χ0v) is 11.4. The highest BCUT2D eigenvalue weighted by molar-refractivity contribution is 5.86. The molecule has 1 aromatic carbocycles. The third kappa shape index (κ3) is 3.33. The first-order chi connectivity index (χ1) is 9.19. The van der Waals surface area contributed by atoms with Gasteiger partial charge in [0.1, 0.15) is 5.54 Å². The van der Waals surface area contributed by atoms with Crippen molar-refractivity contribution < 1.29 is 9.53 Å². The second-order valence-electron chi connectivity index (χ2n) is 5.15. The first kappa shape index (κ1) is 14.0. The lowest BCUT2D eigenvalue weighted by atomic mass is 9.86. The van der Waals surface area contributed by atoms with Crippen LogP contribution in [0.15, 0.2) is 30.3 Å². The molecule has 2 rings (SSSR count). The highest BCUT2D eigenvalue weighted by Gasteiger charge is 2.36. The molecule has 0 spiro atoms. The van der Waals surface area contributed by atoms with Gasteiger partial charge in [-0.15, -0.1) is 0 Å². The average molecular weight is 262 g/mol. The fraction of sp³-hybridized carbons (Fsp3) is 0.533. The number of ether oxygens (including phenoxy) is 1. The highest BCUT2D eigenvalue weighted by atomic mass is 16.5. The molecular formula is C15H22N2O2. The van der Waals surface area contributed by atoms with E-state index < -0.39 is 5.54 Å². The molecule has 1 saturated carbocycles. The molecule has 0 bridgehead atoms. The summed E-state index contributed by atoms with van der Waals surface area (Å²) in [5.74, 6) is 0.366. The van der Waals surface area contributed by atoms with Crippen LogP contribution in [0.1, 0.15) is 24.8 Å². The normalized spacial score (nSPS) is 17.9. The Morgan fingerprint density at radius 1 is 1.42 bits per heavy atom.